The first kappa shape index (κ1) is 23.1. The van der Waals surface area contributed by atoms with Crippen molar-refractivity contribution in [2.75, 3.05) is 11.9 Å². The number of benzene rings is 2. The van der Waals surface area contributed by atoms with Gasteiger partial charge in [0.15, 0.2) is 0 Å². The van der Waals surface area contributed by atoms with E-state index in [1.807, 2.05) is 12.1 Å². The van der Waals surface area contributed by atoms with E-state index in [1.165, 1.54) is 12.4 Å². The predicted octanol–water partition coefficient (Wildman–Crippen LogP) is 4.77. The van der Waals surface area contributed by atoms with Gasteiger partial charge in [0.1, 0.15) is 18.0 Å². The van der Waals surface area contributed by atoms with Crippen LogP contribution in [0, 0.1) is 17.7 Å². The van der Waals surface area contributed by atoms with E-state index in [0.717, 1.165) is 29.3 Å². The third kappa shape index (κ3) is 4.51. The van der Waals surface area contributed by atoms with Crippen LogP contribution in [0.1, 0.15) is 41.7 Å². The zero-order valence-electron chi connectivity index (χ0n) is 19.5. The fraction of sp³-hybridized carbons (Fsp3) is 0.179. The van der Waals surface area contributed by atoms with E-state index >= 15 is 4.39 Å². The van der Waals surface area contributed by atoms with Gasteiger partial charge in [-0.2, -0.15) is 0 Å². The van der Waals surface area contributed by atoms with Gasteiger partial charge < -0.3 is 10.2 Å². The molecule has 4 aromatic rings. The number of nitrogens with zero attached hydrogens (tertiary/aromatic N) is 4. The summed E-state index contributed by atoms with van der Waals surface area (Å²) in [5.41, 5.74) is 2.67. The molecular weight excluding hydrogens is 457 g/mol. The zero-order chi connectivity index (χ0) is 25.1. The lowest BCUT2D eigenvalue weighted by molar-refractivity contribution is -0.125. The summed E-state index contributed by atoms with van der Waals surface area (Å²) in [4.78, 5) is 39.6. The maximum Gasteiger partial charge on any atom is 0.298 e. The molecule has 3 heterocycles. The lowest BCUT2D eigenvalue weighted by Gasteiger charge is -2.24. The van der Waals surface area contributed by atoms with Crippen LogP contribution in [0.4, 0.5) is 10.2 Å². The maximum absolute atomic E-state index is 15.3. The minimum absolute atomic E-state index is 0.178. The fourth-order valence-corrected chi connectivity index (χ4v) is 4.57. The van der Waals surface area contributed by atoms with Crippen molar-refractivity contribution in [3.63, 3.8) is 0 Å². The largest absolute Gasteiger partial charge is 0.325 e. The molecule has 7 nitrogen and oxygen atoms in total. The van der Waals surface area contributed by atoms with Crippen molar-refractivity contribution in [3.8, 4) is 23.0 Å². The van der Waals surface area contributed by atoms with Crippen LogP contribution < -0.4 is 5.32 Å². The Hall–Kier alpha value is -4.64. The Balaban J connectivity index is 1.53. The summed E-state index contributed by atoms with van der Waals surface area (Å²) in [5.74, 6) is 4.46. The van der Waals surface area contributed by atoms with Gasteiger partial charge in [0.2, 0.25) is 0 Å². The normalized spacial score (nSPS) is 14.8. The summed E-state index contributed by atoms with van der Waals surface area (Å²) in [7, 11) is 0. The maximum atomic E-state index is 15.3. The summed E-state index contributed by atoms with van der Waals surface area (Å²) in [6, 6.07) is 13.0. The van der Waals surface area contributed by atoms with Crippen LogP contribution in [0.5, 0.6) is 0 Å². The molecule has 178 valence electrons. The fourth-order valence-electron chi connectivity index (χ4n) is 4.57. The summed E-state index contributed by atoms with van der Waals surface area (Å²) in [6.45, 7) is 2.23. The third-order valence-corrected chi connectivity index (χ3v) is 6.19. The second-order valence-corrected chi connectivity index (χ2v) is 8.42. The molecule has 0 bridgehead atoms. The van der Waals surface area contributed by atoms with Crippen molar-refractivity contribution in [1.82, 2.24) is 19.9 Å². The molecule has 2 aromatic heterocycles. The number of pyridine rings is 1. The van der Waals surface area contributed by atoms with Crippen LogP contribution in [0.15, 0.2) is 67.3 Å². The van der Waals surface area contributed by atoms with Crippen molar-refractivity contribution in [2.24, 2.45) is 0 Å². The Bertz CT molecular complexity index is 1530. The molecule has 0 saturated carbocycles. The van der Waals surface area contributed by atoms with Crippen molar-refractivity contribution in [1.29, 1.82) is 0 Å². The molecule has 8 heteroatoms. The standard InChI is InChI=1S/C28H22FN5O2/c1-2-6-26(35)34-12-5-7-24(34)22-14-19(13-20-16-30-17-32-27(20)22)21-10-9-18(15-23(21)29)28(36)33-25-8-3-4-11-31-25/h3-4,8-11,13-17,24H,5,7,12H2,1H3,(H,31,33,36). The SMILES string of the molecule is CC#CC(=O)N1CCCC1c1cc(-c2ccc(C(=O)Nc3ccccn3)cc2F)cc2cncnc12. The van der Waals surface area contributed by atoms with Crippen LogP contribution in [0.2, 0.25) is 0 Å². The molecular formula is C28H22FN5O2. The molecule has 1 unspecified atom stereocenters. The monoisotopic (exact) mass is 479 g/mol. The van der Waals surface area contributed by atoms with E-state index in [2.05, 4.69) is 32.1 Å². The van der Waals surface area contributed by atoms with Crippen LogP contribution in [-0.4, -0.2) is 38.2 Å². The summed E-state index contributed by atoms with van der Waals surface area (Å²) < 4.78 is 15.3. The number of rotatable bonds is 4. The highest BCUT2D eigenvalue weighted by Gasteiger charge is 2.31. The van der Waals surface area contributed by atoms with Crippen LogP contribution in [-0.2, 0) is 4.79 Å². The number of hydrogen-bond donors (Lipinski definition) is 1. The van der Waals surface area contributed by atoms with Gasteiger partial charge >= 0.3 is 0 Å². The summed E-state index contributed by atoms with van der Waals surface area (Å²) in [5, 5.41) is 3.40. The molecule has 1 atom stereocenters. The second kappa shape index (κ2) is 9.92. The Morgan fingerprint density at radius 2 is 2.03 bits per heavy atom. The van der Waals surface area contributed by atoms with E-state index in [0.29, 0.717) is 23.5 Å². The number of carbonyl (C=O) groups is 2. The number of amides is 2. The number of fused-ring (bicyclic) bond motifs is 1. The molecule has 1 aliphatic heterocycles. The topological polar surface area (TPSA) is 88.1 Å². The van der Waals surface area contributed by atoms with Gasteiger partial charge in [-0.25, -0.2) is 19.3 Å². The van der Waals surface area contributed by atoms with Gasteiger partial charge in [-0.3, -0.25) is 9.59 Å². The van der Waals surface area contributed by atoms with Crippen LogP contribution in [0.3, 0.4) is 0 Å². The van der Waals surface area contributed by atoms with Gasteiger partial charge in [-0.1, -0.05) is 18.1 Å². The van der Waals surface area contributed by atoms with E-state index in [4.69, 9.17) is 0 Å². The molecule has 2 aromatic carbocycles. The molecule has 1 saturated heterocycles. The van der Waals surface area contributed by atoms with Crippen molar-refractivity contribution in [3.05, 3.63) is 84.2 Å². The van der Waals surface area contributed by atoms with Gasteiger partial charge in [0, 0.05) is 41.0 Å². The lowest BCUT2D eigenvalue weighted by atomic mass is 9.94. The van der Waals surface area contributed by atoms with E-state index in [-0.39, 0.29) is 17.5 Å². The molecule has 36 heavy (non-hydrogen) atoms. The number of nitrogens with one attached hydrogen (secondary N) is 1. The van der Waals surface area contributed by atoms with Gasteiger partial charge in [-0.15, -0.1) is 0 Å². The number of likely N-dealkylation sites (tertiary alicyclic amines) is 1. The minimum atomic E-state index is -0.540. The number of halogens is 1. The summed E-state index contributed by atoms with van der Waals surface area (Å²) >= 11 is 0. The number of anilines is 1. The first-order valence-electron chi connectivity index (χ1n) is 11.5. The smallest absolute Gasteiger partial charge is 0.298 e. The molecule has 0 radical (unpaired) electrons. The highest BCUT2D eigenvalue weighted by atomic mass is 19.1. The average molecular weight is 480 g/mol. The highest BCUT2D eigenvalue weighted by molar-refractivity contribution is 6.04. The Morgan fingerprint density at radius 3 is 2.81 bits per heavy atom. The van der Waals surface area contributed by atoms with Gasteiger partial charge in [-0.05, 0) is 67.6 Å². The van der Waals surface area contributed by atoms with E-state index in [9.17, 15) is 9.59 Å². The predicted molar refractivity (Wildman–Crippen MR) is 134 cm³/mol. The van der Waals surface area contributed by atoms with Crippen LogP contribution in [0.25, 0.3) is 22.0 Å². The van der Waals surface area contributed by atoms with Gasteiger partial charge in [0.05, 0.1) is 11.6 Å². The minimum Gasteiger partial charge on any atom is -0.325 e. The number of aromatic nitrogens is 3. The molecule has 2 amide bonds. The summed E-state index contributed by atoms with van der Waals surface area (Å²) in [6.07, 6.45) is 6.30. The van der Waals surface area contributed by atoms with E-state index < -0.39 is 11.7 Å². The quantitative estimate of drug-likeness (QED) is 0.426. The van der Waals surface area contributed by atoms with E-state index in [1.54, 1.807) is 54.5 Å². The van der Waals surface area contributed by atoms with Crippen molar-refractivity contribution in [2.45, 2.75) is 25.8 Å². The molecule has 0 spiro atoms. The zero-order valence-corrected chi connectivity index (χ0v) is 19.5. The van der Waals surface area contributed by atoms with Crippen molar-refractivity contribution >= 4 is 28.5 Å². The van der Waals surface area contributed by atoms with Gasteiger partial charge in [0.25, 0.3) is 11.8 Å². The molecule has 0 aliphatic carbocycles. The highest BCUT2D eigenvalue weighted by Crippen LogP contribution is 2.38. The molecule has 1 fully saturated rings. The first-order chi connectivity index (χ1) is 17.5. The number of carbonyl (C=O) groups excluding carboxylic acids is 2. The molecule has 1 aliphatic rings. The average Bonchev–Trinajstić information content (AvgIpc) is 3.39. The molecule has 5 rings (SSSR count). The number of hydrogen-bond acceptors (Lipinski definition) is 5. The Morgan fingerprint density at radius 1 is 1.14 bits per heavy atom. The lowest BCUT2D eigenvalue weighted by Crippen LogP contribution is -2.29. The third-order valence-electron chi connectivity index (χ3n) is 6.19. The Labute approximate surface area is 207 Å². The van der Waals surface area contributed by atoms with Crippen molar-refractivity contribution < 1.29 is 14.0 Å². The Kier molecular flexibility index (Phi) is 6.37. The second-order valence-electron chi connectivity index (χ2n) is 8.42. The first-order valence-corrected chi connectivity index (χ1v) is 11.5. The van der Waals surface area contributed by atoms with Crippen LogP contribution >= 0.6 is 0 Å². The molecule has 1 N–H and O–H groups in total.